The first kappa shape index (κ1) is 15.6. The zero-order valence-corrected chi connectivity index (χ0v) is 13.8. The number of thiazole rings is 1. The lowest BCUT2D eigenvalue weighted by molar-refractivity contribution is 0.0954. The first-order valence-electron chi connectivity index (χ1n) is 7.12. The maximum atomic E-state index is 12.0. The summed E-state index contributed by atoms with van der Waals surface area (Å²) in [6.07, 6.45) is 2.43. The fraction of sp³-hybridized carbons (Fsp3) is 0.118. The second-order valence-corrected chi connectivity index (χ2v) is 6.17. The summed E-state index contributed by atoms with van der Waals surface area (Å²) in [7, 11) is 0. The number of nitrogens with one attached hydrogen (secondary N) is 1. The molecule has 1 aromatic carbocycles. The fourth-order valence-electron chi connectivity index (χ4n) is 2.06. The molecule has 4 nitrogen and oxygen atoms in total. The number of pyridine rings is 1. The Kier molecular flexibility index (Phi) is 5.00. The second kappa shape index (κ2) is 7.35. The molecular weight excluding hydrogens is 330 g/mol. The molecule has 0 aliphatic heterocycles. The van der Waals surface area contributed by atoms with Crippen LogP contribution in [0.4, 0.5) is 0 Å². The standard InChI is InChI=1S/C17H14ClN3OS/c18-13-5-3-4-12(10-13)16(22)20-9-7-14-11-23-17(21-14)15-6-1-2-8-19-15/h1-6,8,10-11H,7,9H2,(H,20,22). The number of amides is 1. The number of halogens is 1. The van der Waals surface area contributed by atoms with E-state index in [-0.39, 0.29) is 5.91 Å². The Labute approximate surface area is 143 Å². The Balaban J connectivity index is 1.55. The van der Waals surface area contributed by atoms with Gasteiger partial charge in [0.25, 0.3) is 5.91 Å². The SMILES string of the molecule is O=C(NCCc1csc(-c2ccccn2)n1)c1cccc(Cl)c1. The maximum Gasteiger partial charge on any atom is 0.251 e. The van der Waals surface area contributed by atoms with Crippen LogP contribution in [0.5, 0.6) is 0 Å². The van der Waals surface area contributed by atoms with Crippen LogP contribution in [0.2, 0.25) is 5.02 Å². The van der Waals surface area contributed by atoms with Gasteiger partial charge < -0.3 is 5.32 Å². The molecular formula is C17H14ClN3OS. The lowest BCUT2D eigenvalue weighted by atomic mass is 10.2. The molecule has 0 aliphatic rings. The Morgan fingerprint density at radius 3 is 2.91 bits per heavy atom. The average molecular weight is 344 g/mol. The molecule has 3 rings (SSSR count). The zero-order chi connectivity index (χ0) is 16.1. The Hall–Kier alpha value is -2.24. The molecule has 0 fully saturated rings. The van der Waals surface area contributed by atoms with Gasteiger partial charge in [-0.15, -0.1) is 11.3 Å². The summed E-state index contributed by atoms with van der Waals surface area (Å²) in [5, 5.41) is 6.31. The minimum Gasteiger partial charge on any atom is -0.352 e. The van der Waals surface area contributed by atoms with Crippen molar-refractivity contribution in [2.24, 2.45) is 0 Å². The summed E-state index contributed by atoms with van der Waals surface area (Å²) in [5.41, 5.74) is 2.37. The third-order valence-corrected chi connectivity index (χ3v) is 4.34. The van der Waals surface area contributed by atoms with Crippen molar-refractivity contribution in [1.29, 1.82) is 0 Å². The van der Waals surface area contributed by atoms with Crippen LogP contribution in [0.15, 0.2) is 54.0 Å². The molecule has 0 aliphatic carbocycles. The molecule has 0 bridgehead atoms. The molecule has 1 N–H and O–H groups in total. The van der Waals surface area contributed by atoms with E-state index in [9.17, 15) is 4.79 Å². The number of carbonyl (C=O) groups excluding carboxylic acids is 1. The molecule has 2 aromatic heterocycles. The molecule has 0 unspecified atom stereocenters. The van der Waals surface area contributed by atoms with Gasteiger partial charge in [-0.1, -0.05) is 23.7 Å². The molecule has 0 radical (unpaired) electrons. The second-order valence-electron chi connectivity index (χ2n) is 4.88. The van der Waals surface area contributed by atoms with Crippen molar-refractivity contribution < 1.29 is 4.79 Å². The maximum absolute atomic E-state index is 12.0. The summed E-state index contributed by atoms with van der Waals surface area (Å²) < 4.78 is 0. The molecule has 0 saturated heterocycles. The molecule has 6 heteroatoms. The van der Waals surface area contributed by atoms with Crippen molar-refractivity contribution in [3.05, 3.63) is 70.3 Å². The van der Waals surface area contributed by atoms with E-state index >= 15 is 0 Å². The number of nitrogens with zero attached hydrogens (tertiary/aromatic N) is 2. The predicted octanol–water partition coefficient (Wildman–Crippen LogP) is 3.83. The number of rotatable bonds is 5. The summed E-state index contributed by atoms with van der Waals surface area (Å²) in [6.45, 7) is 0.525. The van der Waals surface area contributed by atoms with Gasteiger partial charge in [0.1, 0.15) is 5.01 Å². The average Bonchev–Trinajstić information content (AvgIpc) is 3.04. The normalized spacial score (nSPS) is 10.5. The highest BCUT2D eigenvalue weighted by Crippen LogP contribution is 2.21. The van der Waals surface area contributed by atoms with Gasteiger partial charge in [0.05, 0.1) is 11.4 Å². The molecule has 0 atom stereocenters. The van der Waals surface area contributed by atoms with Gasteiger partial charge in [-0.3, -0.25) is 9.78 Å². The highest BCUT2D eigenvalue weighted by atomic mass is 35.5. The smallest absolute Gasteiger partial charge is 0.251 e. The van der Waals surface area contributed by atoms with Gasteiger partial charge in [0.2, 0.25) is 0 Å². The lowest BCUT2D eigenvalue weighted by Crippen LogP contribution is -2.25. The molecule has 0 saturated carbocycles. The van der Waals surface area contributed by atoms with Gasteiger partial charge in [-0.2, -0.15) is 0 Å². The summed E-state index contributed by atoms with van der Waals surface area (Å²) >= 11 is 7.44. The van der Waals surface area contributed by atoms with E-state index in [0.717, 1.165) is 16.4 Å². The van der Waals surface area contributed by atoms with Crippen LogP contribution in [0, 0.1) is 0 Å². The van der Waals surface area contributed by atoms with Crippen LogP contribution < -0.4 is 5.32 Å². The Morgan fingerprint density at radius 1 is 1.22 bits per heavy atom. The highest BCUT2D eigenvalue weighted by molar-refractivity contribution is 7.13. The topological polar surface area (TPSA) is 54.9 Å². The molecule has 3 aromatic rings. The highest BCUT2D eigenvalue weighted by Gasteiger charge is 2.08. The van der Waals surface area contributed by atoms with Crippen LogP contribution in [-0.4, -0.2) is 22.4 Å². The van der Waals surface area contributed by atoms with Crippen molar-refractivity contribution in [1.82, 2.24) is 15.3 Å². The van der Waals surface area contributed by atoms with E-state index < -0.39 is 0 Å². The summed E-state index contributed by atoms with van der Waals surface area (Å²) in [4.78, 5) is 20.8. The molecule has 116 valence electrons. The van der Waals surface area contributed by atoms with Gasteiger partial charge >= 0.3 is 0 Å². The molecule has 2 heterocycles. The van der Waals surface area contributed by atoms with Crippen molar-refractivity contribution in [2.75, 3.05) is 6.54 Å². The van der Waals surface area contributed by atoms with Gasteiger partial charge in [0.15, 0.2) is 0 Å². The van der Waals surface area contributed by atoms with Crippen molar-refractivity contribution in [2.45, 2.75) is 6.42 Å². The van der Waals surface area contributed by atoms with Crippen LogP contribution in [0.1, 0.15) is 16.1 Å². The fourth-order valence-corrected chi connectivity index (χ4v) is 3.08. The quantitative estimate of drug-likeness (QED) is 0.766. The van der Waals surface area contributed by atoms with Crippen LogP contribution in [0.3, 0.4) is 0 Å². The minimum atomic E-state index is -0.132. The Morgan fingerprint density at radius 2 is 2.13 bits per heavy atom. The first-order chi connectivity index (χ1) is 11.2. The van der Waals surface area contributed by atoms with Gasteiger partial charge in [0, 0.05) is 35.1 Å². The van der Waals surface area contributed by atoms with Crippen molar-refractivity contribution in [3.63, 3.8) is 0 Å². The Bertz CT molecular complexity index is 804. The lowest BCUT2D eigenvalue weighted by Gasteiger charge is -2.04. The minimum absolute atomic E-state index is 0.132. The van der Waals surface area contributed by atoms with E-state index in [1.165, 1.54) is 0 Å². The number of benzene rings is 1. The van der Waals surface area contributed by atoms with E-state index in [1.807, 2.05) is 23.6 Å². The van der Waals surface area contributed by atoms with Gasteiger partial charge in [-0.05, 0) is 30.3 Å². The predicted molar refractivity (Wildman–Crippen MR) is 92.8 cm³/mol. The number of hydrogen-bond donors (Lipinski definition) is 1. The van der Waals surface area contributed by atoms with Crippen LogP contribution >= 0.6 is 22.9 Å². The van der Waals surface area contributed by atoms with E-state index in [2.05, 4.69) is 15.3 Å². The molecule has 23 heavy (non-hydrogen) atoms. The van der Waals surface area contributed by atoms with Crippen LogP contribution in [-0.2, 0) is 6.42 Å². The van der Waals surface area contributed by atoms with Crippen LogP contribution in [0.25, 0.3) is 10.7 Å². The van der Waals surface area contributed by atoms with Gasteiger partial charge in [-0.25, -0.2) is 4.98 Å². The monoisotopic (exact) mass is 343 g/mol. The van der Waals surface area contributed by atoms with E-state index in [0.29, 0.717) is 23.6 Å². The van der Waals surface area contributed by atoms with E-state index in [1.54, 1.807) is 41.8 Å². The number of carbonyl (C=O) groups is 1. The summed E-state index contributed by atoms with van der Waals surface area (Å²) in [6, 6.07) is 12.6. The molecule has 1 amide bonds. The third-order valence-electron chi connectivity index (χ3n) is 3.19. The van der Waals surface area contributed by atoms with E-state index in [4.69, 9.17) is 11.6 Å². The van der Waals surface area contributed by atoms with Crippen molar-refractivity contribution >= 4 is 28.8 Å². The number of hydrogen-bond acceptors (Lipinski definition) is 4. The zero-order valence-electron chi connectivity index (χ0n) is 12.2. The number of aromatic nitrogens is 2. The largest absolute Gasteiger partial charge is 0.352 e. The van der Waals surface area contributed by atoms with Crippen molar-refractivity contribution in [3.8, 4) is 10.7 Å². The third kappa shape index (κ3) is 4.15. The molecule has 0 spiro atoms. The first-order valence-corrected chi connectivity index (χ1v) is 8.38. The summed E-state index contributed by atoms with van der Waals surface area (Å²) in [5.74, 6) is -0.132.